The number of piperazine rings is 1. The molecule has 0 radical (unpaired) electrons. The number of nitrogens with one attached hydrogen (secondary N) is 1. The van der Waals surface area contributed by atoms with Crippen LogP contribution in [0.25, 0.3) is 28.0 Å². The Morgan fingerprint density at radius 3 is 2.61 bits per heavy atom. The van der Waals surface area contributed by atoms with Crippen LogP contribution in [0.3, 0.4) is 0 Å². The summed E-state index contributed by atoms with van der Waals surface area (Å²) in [6, 6.07) is 9.92. The smallest absolute Gasteiger partial charge is 0.245 e. The third-order valence-electron chi connectivity index (χ3n) is 5.84. The molecule has 0 bridgehead atoms. The van der Waals surface area contributed by atoms with Gasteiger partial charge in [0.2, 0.25) is 5.95 Å². The van der Waals surface area contributed by atoms with E-state index in [1.54, 1.807) is 18.5 Å². The highest BCUT2D eigenvalue weighted by Crippen LogP contribution is 2.32. The van der Waals surface area contributed by atoms with Crippen LogP contribution in [0.5, 0.6) is 5.75 Å². The van der Waals surface area contributed by atoms with Crippen LogP contribution < -0.4 is 10.2 Å². The van der Waals surface area contributed by atoms with E-state index in [0.29, 0.717) is 29.2 Å². The van der Waals surface area contributed by atoms with Gasteiger partial charge >= 0.3 is 0 Å². The average molecular weight is 488 g/mol. The summed E-state index contributed by atoms with van der Waals surface area (Å²) in [5, 5.41) is 22.9. The van der Waals surface area contributed by atoms with Crippen LogP contribution in [-0.2, 0) is 0 Å². The van der Waals surface area contributed by atoms with E-state index in [0.717, 1.165) is 36.4 Å². The van der Waals surface area contributed by atoms with E-state index in [2.05, 4.69) is 44.2 Å². The van der Waals surface area contributed by atoms with Crippen molar-refractivity contribution in [2.45, 2.75) is 19.9 Å². The number of pyridine rings is 1. The minimum Gasteiger partial charge on any atom is -0.507 e. The molecule has 0 spiro atoms. The summed E-state index contributed by atoms with van der Waals surface area (Å²) in [5.74, 6) is 1.31. The Kier molecular flexibility index (Phi) is 7.73. The molecule has 4 aromatic rings. The first kappa shape index (κ1) is 24.7. The lowest BCUT2D eigenvalue weighted by Crippen LogP contribution is -2.53. The van der Waals surface area contributed by atoms with Crippen molar-refractivity contribution in [3.05, 3.63) is 55.1 Å². The molecule has 8 nitrogen and oxygen atoms in total. The lowest BCUT2D eigenvalue weighted by Gasteiger charge is -2.35. The van der Waals surface area contributed by atoms with Gasteiger partial charge in [0.25, 0.3) is 0 Å². The molecule has 0 aliphatic carbocycles. The Hall–Kier alpha value is -2.94. The SMILES string of the molecule is CC(C)[C@H]1CN(c2ncc(-c3ccc(-c4ccc5nccn5c4)cc3O)nn2)CCN1.Cl.Cl. The number of nitrogens with zero attached hydrogens (tertiary/aromatic N) is 6. The third kappa shape index (κ3) is 5.03. The molecule has 2 N–H and O–H groups in total. The second-order valence-electron chi connectivity index (χ2n) is 8.24. The molecule has 1 atom stereocenters. The molecule has 4 heterocycles. The van der Waals surface area contributed by atoms with Crippen LogP contribution in [0.2, 0.25) is 0 Å². The Labute approximate surface area is 204 Å². The molecular formula is C23H27Cl2N7O. The fraction of sp³-hybridized carbons (Fsp3) is 0.304. The molecule has 0 unspecified atom stereocenters. The molecule has 1 aromatic carbocycles. The zero-order valence-corrected chi connectivity index (χ0v) is 20.1. The Bertz CT molecular complexity index is 1210. The van der Waals surface area contributed by atoms with Crippen LogP contribution >= 0.6 is 24.8 Å². The van der Waals surface area contributed by atoms with E-state index < -0.39 is 0 Å². The first-order valence-corrected chi connectivity index (χ1v) is 10.5. The number of hydrogen-bond acceptors (Lipinski definition) is 7. The molecule has 0 saturated carbocycles. The number of aromatic nitrogens is 5. The number of aromatic hydroxyl groups is 1. The average Bonchev–Trinajstić information content (AvgIpc) is 3.27. The maximum absolute atomic E-state index is 10.7. The summed E-state index contributed by atoms with van der Waals surface area (Å²) in [7, 11) is 0. The zero-order valence-electron chi connectivity index (χ0n) is 18.4. The van der Waals surface area contributed by atoms with Gasteiger partial charge in [-0.25, -0.2) is 9.97 Å². The number of phenols is 1. The minimum absolute atomic E-state index is 0. The van der Waals surface area contributed by atoms with E-state index in [1.807, 2.05) is 41.1 Å². The van der Waals surface area contributed by atoms with Crippen molar-refractivity contribution in [2.75, 3.05) is 24.5 Å². The fourth-order valence-corrected chi connectivity index (χ4v) is 3.96. The van der Waals surface area contributed by atoms with E-state index in [9.17, 15) is 5.11 Å². The molecule has 1 aliphatic rings. The van der Waals surface area contributed by atoms with Crippen LogP contribution in [0.1, 0.15) is 13.8 Å². The minimum atomic E-state index is 0. The Balaban J connectivity index is 0.00000153. The van der Waals surface area contributed by atoms with Gasteiger partial charge in [0.1, 0.15) is 17.1 Å². The van der Waals surface area contributed by atoms with Crippen LogP contribution in [-0.4, -0.2) is 55.3 Å². The van der Waals surface area contributed by atoms with Gasteiger partial charge in [-0.3, -0.25) is 0 Å². The number of imidazole rings is 1. The van der Waals surface area contributed by atoms with Gasteiger partial charge in [-0.15, -0.1) is 35.0 Å². The molecule has 1 fully saturated rings. The van der Waals surface area contributed by atoms with E-state index >= 15 is 0 Å². The monoisotopic (exact) mass is 487 g/mol. The van der Waals surface area contributed by atoms with E-state index in [4.69, 9.17) is 0 Å². The largest absolute Gasteiger partial charge is 0.507 e. The molecule has 1 saturated heterocycles. The van der Waals surface area contributed by atoms with Gasteiger partial charge in [0.05, 0.1) is 6.20 Å². The standard InChI is InChI=1S/C23H25N7O.2ClH/c1-15(2)20-14-30(10-7-24-20)23-26-12-19(27-28-23)18-5-3-16(11-21(18)31)17-4-6-22-25-8-9-29(22)13-17;;/h3-6,8-9,11-13,15,20,24,31H,7,10,14H2,1-2H3;2*1H/t20-;;/m1../s1. The lowest BCUT2D eigenvalue weighted by molar-refractivity contribution is 0.365. The van der Waals surface area contributed by atoms with E-state index in [1.165, 1.54) is 0 Å². The van der Waals surface area contributed by atoms with Gasteiger partial charge in [-0.1, -0.05) is 19.9 Å². The first-order chi connectivity index (χ1) is 15.1. The molecule has 5 rings (SSSR count). The zero-order chi connectivity index (χ0) is 21.4. The highest BCUT2D eigenvalue weighted by Gasteiger charge is 2.23. The van der Waals surface area contributed by atoms with Crippen LogP contribution in [0.15, 0.2) is 55.1 Å². The predicted molar refractivity (Wildman–Crippen MR) is 134 cm³/mol. The second-order valence-corrected chi connectivity index (χ2v) is 8.24. The van der Waals surface area contributed by atoms with Crippen LogP contribution in [0, 0.1) is 5.92 Å². The summed E-state index contributed by atoms with van der Waals surface area (Å²) < 4.78 is 1.95. The molecule has 0 amide bonds. The topological polar surface area (TPSA) is 91.5 Å². The molecule has 10 heteroatoms. The Morgan fingerprint density at radius 1 is 1.06 bits per heavy atom. The van der Waals surface area contributed by atoms with Gasteiger partial charge in [0, 0.05) is 49.8 Å². The van der Waals surface area contributed by atoms with Crippen LogP contribution in [0.4, 0.5) is 5.95 Å². The highest BCUT2D eigenvalue weighted by molar-refractivity contribution is 5.85. The number of rotatable bonds is 4. The normalized spacial score (nSPS) is 15.8. The highest BCUT2D eigenvalue weighted by atomic mass is 35.5. The number of benzene rings is 1. The summed E-state index contributed by atoms with van der Waals surface area (Å²) >= 11 is 0. The van der Waals surface area contributed by atoms with E-state index in [-0.39, 0.29) is 30.6 Å². The van der Waals surface area contributed by atoms with Crippen molar-refractivity contribution in [3.63, 3.8) is 0 Å². The Morgan fingerprint density at radius 2 is 1.88 bits per heavy atom. The van der Waals surface area contributed by atoms with Crippen molar-refractivity contribution in [1.82, 2.24) is 29.9 Å². The maximum atomic E-state index is 10.7. The fourth-order valence-electron chi connectivity index (χ4n) is 3.96. The third-order valence-corrected chi connectivity index (χ3v) is 5.84. The number of hydrogen-bond donors (Lipinski definition) is 2. The van der Waals surface area contributed by atoms with Gasteiger partial charge in [-0.2, -0.15) is 0 Å². The summed E-state index contributed by atoms with van der Waals surface area (Å²) in [6.07, 6.45) is 7.34. The molecule has 1 aliphatic heterocycles. The number of halogens is 2. The van der Waals surface area contributed by atoms with Crippen molar-refractivity contribution in [1.29, 1.82) is 0 Å². The molecular weight excluding hydrogens is 461 g/mol. The first-order valence-electron chi connectivity index (χ1n) is 10.5. The predicted octanol–water partition coefficient (Wildman–Crippen LogP) is 3.84. The van der Waals surface area contributed by atoms with Crippen molar-refractivity contribution < 1.29 is 5.11 Å². The van der Waals surface area contributed by atoms with Gasteiger partial charge in [0.15, 0.2) is 0 Å². The number of fused-ring (bicyclic) bond motifs is 1. The number of anilines is 1. The summed E-state index contributed by atoms with van der Waals surface area (Å²) in [5.41, 5.74) is 3.95. The van der Waals surface area contributed by atoms with Crippen molar-refractivity contribution >= 4 is 36.4 Å². The molecule has 3 aromatic heterocycles. The molecule has 174 valence electrons. The number of phenolic OH excluding ortho intramolecular Hbond substituents is 1. The quantitative estimate of drug-likeness (QED) is 0.451. The second kappa shape index (κ2) is 10.3. The van der Waals surface area contributed by atoms with Crippen molar-refractivity contribution in [3.8, 4) is 28.1 Å². The lowest BCUT2D eigenvalue weighted by atomic mass is 10.0. The van der Waals surface area contributed by atoms with Crippen molar-refractivity contribution in [2.24, 2.45) is 5.92 Å². The summed E-state index contributed by atoms with van der Waals surface area (Å²) in [4.78, 5) is 10.9. The van der Waals surface area contributed by atoms with Gasteiger partial charge in [-0.05, 0) is 41.3 Å². The summed E-state index contributed by atoms with van der Waals surface area (Å²) in [6.45, 7) is 7.04. The maximum Gasteiger partial charge on any atom is 0.245 e. The van der Waals surface area contributed by atoms with Gasteiger partial charge < -0.3 is 19.7 Å². The molecule has 33 heavy (non-hydrogen) atoms.